The van der Waals surface area contributed by atoms with Gasteiger partial charge < -0.3 is 0 Å². The molecule has 0 bridgehead atoms. The Hall–Kier alpha value is -3.78. The Bertz CT molecular complexity index is 1530. The molecule has 2 nitrogen and oxygen atoms in total. The van der Waals surface area contributed by atoms with Crippen LogP contribution in [0.15, 0.2) is 97.1 Å². The Morgan fingerprint density at radius 3 is 1.24 bits per heavy atom. The molecule has 4 aromatic rings. The van der Waals surface area contributed by atoms with E-state index in [1.165, 1.54) is 39.2 Å². The molecule has 0 unspecified atom stereocenters. The Labute approximate surface area is 247 Å². The van der Waals surface area contributed by atoms with E-state index in [1.807, 2.05) is 0 Å². The molecule has 2 heteroatoms. The average molecular weight is 541 g/mol. The Balaban J connectivity index is 1.99. The number of nitrogens with zero attached hydrogens (tertiary/aromatic N) is 2. The summed E-state index contributed by atoms with van der Waals surface area (Å²) in [6, 6.07) is 35.3. The van der Waals surface area contributed by atoms with Gasteiger partial charge in [-0.25, -0.2) is 0 Å². The van der Waals surface area contributed by atoms with Gasteiger partial charge in [-0.1, -0.05) is 133 Å². The predicted molar refractivity (Wildman–Crippen MR) is 173 cm³/mol. The minimum absolute atomic E-state index is 0.362. The van der Waals surface area contributed by atoms with Gasteiger partial charge in [0, 0.05) is 22.3 Å². The molecule has 0 N–H and O–H groups in total. The van der Waals surface area contributed by atoms with Crippen molar-refractivity contribution in [2.75, 3.05) is 0 Å². The molecule has 0 saturated heterocycles. The summed E-state index contributed by atoms with van der Waals surface area (Å²) < 4.78 is 4.89. The Kier molecular flexibility index (Phi) is 8.40. The number of benzene rings is 4. The molecule has 0 fully saturated rings. The summed E-state index contributed by atoms with van der Waals surface area (Å²) in [4.78, 5) is 0. The summed E-state index contributed by atoms with van der Waals surface area (Å²) in [7, 11) is 0. The van der Waals surface area contributed by atoms with Crippen molar-refractivity contribution in [3.05, 3.63) is 137 Å². The minimum atomic E-state index is 0.362. The van der Waals surface area contributed by atoms with Crippen LogP contribution in [0.3, 0.4) is 0 Å². The maximum Gasteiger partial charge on any atom is 0.459 e. The zero-order valence-electron chi connectivity index (χ0n) is 25.9. The minimum Gasteiger partial charge on any atom is -0.103 e. The first kappa shape index (κ1) is 28.7. The molecule has 1 heterocycles. The first-order valence-electron chi connectivity index (χ1n) is 15.2. The highest BCUT2D eigenvalue weighted by molar-refractivity contribution is 6.10. The van der Waals surface area contributed by atoms with Crippen molar-refractivity contribution in [3.63, 3.8) is 0 Å². The fourth-order valence-corrected chi connectivity index (χ4v) is 5.97. The molecular formula is C39H44N2+2. The van der Waals surface area contributed by atoms with Crippen LogP contribution >= 0.6 is 0 Å². The standard InChI is InChI=1S/C39H44N2/c1-26(2)32-21-15-22-33(27(3)4)37(32)40-25-36(30-17-11-9-12-18-30)41(39(40)31-19-13-10-14-20-31)38-34(28(5)6)23-16-24-35(38)29(7)8/h9-24,26-29H,1-8H3/q+2. The fraction of sp³-hybridized carbons (Fsp3) is 0.308. The number of rotatable bonds is 8. The van der Waals surface area contributed by atoms with Crippen LogP contribution in [0.5, 0.6) is 0 Å². The van der Waals surface area contributed by atoms with E-state index in [0.717, 1.165) is 17.1 Å². The second kappa shape index (κ2) is 12.0. The highest BCUT2D eigenvalue weighted by atomic mass is 15.2. The molecule has 1 aliphatic heterocycles. The topological polar surface area (TPSA) is 6.02 Å². The van der Waals surface area contributed by atoms with E-state index < -0.39 is 0 Å². The van der Waals surface area contributed by atoms with Crippen LogP contribution < -0.4 is 0 Å². The van der Waals surface area contributed by atoms with Gasteiger partial charge in [-0.05, 0) is 47.9 Å². The van der Waals surface area contributed by atoms with E-state index in [4.69, 9.17) is 0 Å². The Morgan fingerprint density at radius 2 is 0.829 bits per heavy atom. The lowest BCUT2D eigenvalue weighted by atomic mass is 9.91. The molecule has 0 amide bonds. The lowest BCUT2D eigenvalue weighted by molar-refractivity contribution is -0.430. The Morgan fingerprint density at radius 1 is 0.439 bits per heavy atom. The van der Waals surface area contributed by atoms with Crippen LogP contribution in [0.4, 0.5) is 11.4 Å². The zero-order chi connectivity index (χ0) is 29.3. The van der Waals surface area contributed by atoms with E-state index in [0.29, 0.717) is 23.7 Å². The summed E-state index contributed by atoms with van der Waals surface area (Å²) in [5, 5.41) is 0. The van der Waals surface area contributed by atoms with Crippen molar-refractivity contribution >= 4 is 22.9 Å². The van der Waals surface area contributed by atoms with Gasteiger partial charge in [0.05, 0.1) is 5.56 Å². The molecule has 208 valence electrons. The molecule has 0 spiro atoms. The lowest BCUT2D eigenvalue weighted by Crippen LogP contribution is -2.25. The molecule has 2 radical (unpaired) electrons. The van der Waals surface area contributed by atoms with Gasteiger partial charge in [0.25, 0.3) is 5.71 Å². The molecule has 0 aliphatic carbocycles. The van der Waals surface area contributed by atoms with Crippen molar-refractivity contribution in [1.82, 2.24) is 0 Å². The van der Waals surface area contributed by atoms with E-state index in [9.17, 15) is 0 Å². The fourth-order valence-electron chi connectivity index (χ4n) is 5.97. The number of hydrogen-bond donors (Lipinski definition) is 0. The van der Waals surface area contributed by atoms with E-state index in [-0.39, 0.29) is 0 Å². The first-order valence-corrected chi connectivity index (χ1v) is 15.2. The summed E-state index contributed by atoms with van der Waals surface area (Å²) in [6.45, 7) is 22.4. The molecule has 4 aromatic carbocycles. The quantitative estimate of drug-likeness (QED) is 0.196. The van der Waals surface area contributed by atoms with Gasteiger partial charge in [-0.2, -0.15) is 0 Å². The third-order valence-corrected chi connectivity index (χ3v) is 8.08. The van der Waals surface area contributed by atoms with Crippen LogP contribution in [0.2, 0.25) is 0 Å². The molecular weight excluding hydrogens is 496 g/mol. The summed E-state index contributed by atoms with van der Waals surface area (Å²) >= 11 is 0. The van der Waals surface area contributed by atoms with Crippen LogP contribution in [0.25, 0.3) is 0 Å². The maximum atomic E-state index is 3.98. The van der Waals surface area contributed by atoms with Gasteiger partial charge in [0.1, 0.15) is 5.56 Å². The van der Waals surface area contributed by atoms with Crippen LogP contribution in [0.1, 0.15) is 112 Å². The third kappa shape index (κ3) is 5.45. The SMILES string of the molecule is CC(C)c1cccc(C(C)C)c1[N+]1=C(c2ccccc2)[N+](c2c(C(C)C)cccc2C(C)C)=C(c2ccccc2)[C]1. The van der Waals surface area contributed by atoms with Crippen LogP contribution in [-0.4, -0.2) is 20.7 Å². The van der Waals surface area contributed by atoms with Crippen LogP contribution in [-0.2, 0) is 0 Å². The smallest absolute Gasteiger partial charge is 0.103 e. The van der Waals surface area contributed by atoms with Crippen molar-refractivity contribution in [2.24, 2.45) is 0 Å². The molecule has 0 saturated carbocycles. The average Bonchev–Trinajstić information content (AvgIpc) is 3.37. The zero-order valence-corrected chi connectivity index (χ0v) is 25.9. The van der Waals surface area contributed by atoms with E-state index >= 15 is 0 Å². The first-order chi connectivity index (χ1) is 19.7. The second-order valence-corrected chi connectivity index (χ2v) is 12.4. The van der Waals surface area contributed by atoms with Gasteiger partial charge in [0.2, 0.25) is 11.4 Å². The van der Waals surface area contributed by atoms with E-state index in [1.54, 1.807) is 0 Å². The number of amidine groups is 1. The van der Waals surface area contributed by atoms with Crippen molar-refractivity contribution in [3.8, 4) is 0 Å². The largest absolute Gasteiger partial charge is 0.459 e. The third-order valence-electron chi connectivity index (χ3n) is 8.08. The molecule has 5 rings (SSSR count). The molecule has 0 aromatic heterocycles. The number of para-hydroxylation sites is 2. The predicted octanol–water partition coefficient (Wildman–Crippen LogP) is 10.2. The summed E-state index contributed by atoms with van der Waals surface area (Å²) in [5.74, 6) is 2.59. The second-order valence-electron chi connectivity index (χ2n) is 12.4. The molecule has 1 aliphatic rings. The number of hydrogen-bond acceptors (Lipinski definition) is 0. The van der Waals surface area contributed by atoms with Gasteiger partial charge in [0.15, 0.2) is 0 Å². The van der Waals surface area contributed by atoms with Crippen molar-refractivity contribution in [1.29, 1.82) is 0 Å². The van der Waals surface area contributed by atoms with Gasteiger partial charge >= 0.3 is 12.4 Å². The van der Waals surface area contributed by atoms with Crippen molar-refractivity contribution in [2.45, 2.75) is 79.1 Å². The summed E-state index contributed by atoms with van der Waals surface area (Å²) in [5.41, 5.74) is 11.3. The van der Waals surface area contributed by atoms with Gasteiger partial charge in [-0.3, -0.25) is 0 Å². The highest BCUT2D eigenvalue weighted by Crippen LogP contribution is 2.41. The summed E-state index contributed by atoms with van der Waals surface area (Å²) in [6.07, 6.45) is 0. The monoisotopic (exact) mass is 540 g/mol. The highest BCUT2D eigenvalue weighted by Gasteiger charge is 2.50. The maximum absolute atomic E-state index is 3.98. The van der Waals surface area contributed by atoms with Crippen molar-refractivity contribution < 1.29 is 9.15 Å². The molecule has 0 atom stereocenters. The lowest BCUT2D eigenvalue weighted by Gasteiger charge is -2.16. The normalized spacial score (nSPS) is 14.0. The van der Waals surface area contributed by atoms with E-state index in [2.05, 4.69) is 168 Å². The molecule has 41 heavy (non-hydrogen) atoms. The van der Waals surface area contributed by atoms with Crippen LogP contribution in [0, 0.1) is 6.54 Å². The van der Waals surface area contributed by atoms with Gasteiger partial charge in [-0.15, -0.1) is 4.58 Å².